The van der Waals surface area contributed by atoms with Gasteiger partial charge in [0.15, 0.2) is 5.16 Å². The fourth-order valence-corrected chi connectivity index (χ4v) is 4.86. The molecule has 0 fully saturated rings. The average molecular weight is 486 g/mol. The maximum atomic E-state index is 13.7. The van der Waals surface area contributed by atoms with Gasteiger partial charge >= 0.3 is 0 Å². The number of hydrogen-bond acceptors (Lipinski definition) is 7. The molecule has 0 saturated heterocycles. The van der Waals surface area contributed by atoms with Gasteiger partial charge in [-0.1, -0.05) is 11.8 Å². The summed E-state index contributed by atoms with van der Waals surface area (Å²) in [5, 5.41) is 4.93. The Balaban J connectivity index is 1.65. The summed E-state index contributed by atoms with van der Waals surface area (Å²) in [6.45, 7) is 1.72. The Kier molecular flexibility index (Phi) is 6.66. The molecule has 2 heterocycles. The number of thioether (sulfide) groups is 1. The Labute approximate surface area is 197 Å². The molecule has 4 rings (SSSR count). The number of halogens is 1. The van der Waals surface area contributed by atoms with E-state index in [9.17, 15) is 14.0 Å². The van der Waals surface area contributed by atoms with Crippen LogP contribution in [0.5, 0.6) is 11.5 Å². The van der Waals surface area contributed by atoms with Crippen molar-refractivity contribution in [3.8, 4) is 17.2 Å². The number of aromatic nitrogens is 2. The van der Waals surface area contributed by atoms with Crippen molar-refractivity contribution >= 4 is 44.9 Å². The highest BCUT2D eigenvalue weighted by Crippen LogP contribution is 2.30. The van der Waals surface area contributed by atoms with Crippen molar-refractivity contribution in [2.24, 2.45) is 0 Å². The molecular weight excluding hydrogens is 465 g/mol. The van der Waals surface area contributed by atoms with Gasteiger partial charge < -0.3 is 14.8 Å². The lowest BCUT2D eigenvalue weighted by Crippen LogP contribution is -2.23. The van der Waals surface area contributed by atoms with Gasteiger partial charge in [-0.25, -0.2) is 9.37 Å². The van der Waals surface area contributed by atoms with E-state index in [1.807, 2.05) is 0 Å². The number of carbonyl (C=O) groups excluding carboxylic acids is 1. The number of thiophene rings is 1. The van der Waals surface area contributed by atoms with Crippen LogP contribution in [-0.2, 0) is 4.79 Å². The number of rotatable bonds is 7. The van der Waals surface area contributed by atoms with E-state index >= 15 is 0 Å². The van der Waals surface area contributed by atoms with Gasteiger partial charge in [-0.3, -0.25) is 14.2 Å². The molecule has 170 valence electrons. The number of nitrogens with one attached hydrogen (secondary N) is 1. The molecule has 10 heteroatoms. The Morgan fingerprint density at radius 2 is 2.00 bits per heavy atom. The second kappa shape index (κ2) is 9.63. The zero-order valence-corrected chi connectivity index (χ0v) is 19.7. The monoisotopic (exact) mass is 485 g/mol. The SMILES string of the molecule is COc1ccc(OC)c(NC(=O)CSc2nc3ccsc3c(=O)n2-c2ccc(F)cc2C)c1. The van der Waals surface area contributed by atoms with Gasteiger partial charge in [0.1, 0.15) is 22.0 Å². The maximum Gasteiger partial charge on any atom is 0.276 e. The van der Waals surface area contributed by atoms with Gasteiger partial charge in [0.05, 0.1) is 36.9 Å². The van der Waals surface area contributed by atoms with Crippen LogP contribution in [0.15, 0.2) is 57.8 Å². The number of benzene rings is 2. The Morgan fingerprint density at radius 3 is 2.73 bits per heavy atom. The van der Waals surface area contributed by atoms with E-state index in [4.69, 9.17) is 9.47 Å². The summed E-state index contributed by atoms with van der Waals surface area (Å²) < 4.78 is 26.1. The average Bonchev–Trinajstić information content (AvgIpc) is 3.27. The van der Waals surface area contributed by atoms with Gasteiger partial charge in [-0.15, -0.1) is 11.3 Å². The predicted octanol–water partition coefficient (Wildman–Crippen LogP) is 4.64. The van der Waals surface area contributed by atoms with Gasteiger partial charge in [-0.05, 0) is 54.3 Å². The van der Waals surface area contributed by atoms with Crippen LogP contribution in [0.4, 0.5) is 10.1 Å². The second-order valence-electron chi connectivity index (χ2n) is 7.00. The van der Waals surface area contributed by atoms with Crippen LogP contribution in [0.2, 0.25) is 0 Å². The maximum absolute atomic E-state index is 13.7. The van der Waals surface area contributed by atoms with Crippen molar-refractivity contribution in [3.63, 3.8) is 0 Å². The summed E-state index contributed by atoms with van der Waals surface area (Å²) in [4.78, 5) is 30.5. The summed E-state index contributed by atoms with van der Waals surface area (Å²) in [5.41, 5.74) is 1.86. The molecule has 2 aromatic heterocycles. The van der Waals surface area contributed by atoms with E-state index in [0.717, 1.165) is 11.8 Å². The van der Waals surface area contributed by atoms with Crippen LogP contribution in [0.3, 0.4) is 0 Å². The molecule has 2 aromatic carbocycles. The Bertz CT molecular complexity index is 1400. The first-order chi connectivity index (χ1) is 15.9. The van der Waals surface area contributed by atoms with Gasteiger partial charge in [0.2, 0.25) is 5.91 Å². The summed E-state index contributed by atoms with van der Waals surface area (Å²) in [7, 11) is 3.04. The smallest absolute Gasteiger partial charge is 0.276 e. The first kappa shape index (κ1) is 22.8. The molecule has 4 aromatic rings. The molecule has 0 aliphatic rings. The van der Waals surface area contributed by atoms with Crippen molar-refractivity contribution in [1.82, 2.24) is 9.55 Å². The minimum Gasteiger partial charge on any atom is -0.497 e. The summed E-state index contributed by atoms with van der Waals surface area (Å²) in [6.07, 6.45) is 0. The number of ether oxygens (including phenoxy) is 2. The molecule has 0 bridgehead atoms. The van der Waals surface area contributed by atoms with Crippen molar-refractivity contribution in [1.29, 1.82) is 0 Å². The van der Waals surface area contributed by atoms with Gasteiger partial charge in [0, 0.05) is 6.07 Å². The molecule has 0 unspecified atom stereocenters. The first-order valence-corrected chi connectivity index (χ1v) is 11.7. The third-order valence-electron chi connectivity index (χ3n) is 4.86. The number of fused-ring (bicyclic) bond motifs is 1. The van der Waals surface area contributed by atoms with E-state index in [2.05, 4.69) is 10.3 Å². The standard InChI is InChI=1S/C23H20FN3O4S2/c1-13-10-14(24)4-6-18(13)27-22(29)21-16(8-9-32-21)26-23(27)33-12-20(28)25-17-11-15(30-2)5-7-19(17)31-3/h4-11H,12H2,1-3H3,(H,25,28). The molecule has 0 aliphatic carbocycles. The normalized spacial score (nSPS) is 10.9. The third-order valence-corrected chi connectivity index (χ3v) is 6.69. The molecule has 1 N–H and O–H groups in total. The van der Waals surface area contributed by atoms with Crippen LogP contribution >= 0.6 is 23.1 Å². The summed E-state index contributed by atoms with van der Waals surface area (Å²) in [5.74, 6) is 0.349. The van der Waals surface area contributed by atoms with Crippen LogP contribution in [0, 0.1) is 12.7 Å². The van der Waals surface area contributed by atoms with Crippen molar-refractivity contribution in [3.05, 3.63) is 69.6 Å². The molecule has 0 radical (unpaired) electrons. The highest BCUT2D eigenvalue weighted by molar-refractivity contribution is 7.99. The van der Waals surface area contributed by atoms with Crippen LogP contribution in [-0.4, -0.2) is 35.4 Å². The van der Waals surface area contributed by atoms with E-state index in [1.165, 1.54) is 42.3 Å². The van der Waals surface area contributed by atoms with Crippen molar-refractivity contribution in [2.45, 2.75) is 12.1 Å². The largest absolute Gasteiger partial charge is 0.497 e. The molecule has 1 amide bonds. The summed E-state index contributed by atoms with van der Waals surface area (Å²) >= 11 is 2.41. The molecule has 0 spiro atoms. The number of hydrogen-bond donors (Lipinski definition) is 1. The molecule has 0 atom stereocenters. The molecule has 7 nitrogen and oxygen atoms in total. The topological polar surface area (TPSA) is 82.5 Å². The highest BCUT2D eigenvalue weighted by Gasteiger charge is 2.18. The van der Waals surface area contributed by atoms with Crippen LogP contribution in [0.25, 0.3) is 15.9 Å². The predicted molar refractivity (Wildman–Crippen MR) is 129 cm³/mol. The van der Waals surface area contributed by atoms with Gasteiger partial charge in [0.25, 0.3) is 5.56 Å². The number of aryl methyl sites for hydroxylation is 1. The lowest BCUT2D eigenvalue weighted by molar-refractivity contribution is -0.113. The summed E-state index contributed by atoms with van der Waals surface area (Å²) in [6, 6.07) is 11.0. The number of methoxy groups -OCH3 is 2. The van der Waals surface area contributed by atoms with Crippen LogP contribution < -0.4 is 20.3 Å². The molecule has 0 aliphatic heterocycles. The highest BCUT2D eigenvalue weighted by atomic mass is 32.2. The number of nitrogens with zero attached hydrogens (tertiary/aromatic N) is 2. The molecular formula is C23H20FN3O4S2. The minimum atomic E-state index is -0.393. The first-order valence-electron chi connectivity index (χ1n) is 9.82. The lowest BCUT2D eigenvalue weighted by atomic mass is 10.2. The number of carbonyl (C=O) groups is 1. The van der Waals surface area contributed by atoms with E-state index in [-0.39, 0.29) is 17.2 Å². The lowest BCUT2D eigenvalue weighted by Gasteiger charge is -2.15. The zero-order chi connectivity index (χ0) is 23.5. The van der Waals surface area contributed by atoms with Gasteiger partial charge in [-0.2, -0.15) is 0 Å². The number of anilines is 1. The zero-order valence-electron chi connectivity index (χ0n) is 18.0. The molecule has 33 heavy (non-hydrogen) atoms. The second-order valence-corrected chi connectivity index (χ2v) is 8.86. The fraction of sp³-hybridized carbons (Fsp3) is 0.174. The third kappa shape index (κ3) is 4.71. The molecule has 0 saturated carbocycles. The van der Waals surface area contributed by atoms with E-state index < -0.39 is 5.82 Å². The number of amides is 1. The quantitative estimate of drug-likeness (QED) is 0.303. The van der Waals surface area contributed by atoms with Crippen molar-refractivity contribution < 1.29 is 18.7 Å². The fourth-order valence-electron chi connectivity index (χ4n) is 3.30. The van der Waals surface area contributed by atoms with Crippen LogP contribution in [0.1, 0.15) is 5.56 Å². The Hall–Kier alpha value is -3.37. The van der Waals surface area contributed by atoms with E-state index in [1.54, 1.807) is 42.6 Å². The Morgan fingerprint density at radius 1 is 1.18 bits per heavy atom. The van der Waals surface area contributed by atoms with E-state index in [0.29, 0.717) is 43.8 Å². The van der Waals surface area contributed by atoms with Crippen molar-refractivity contribution in [2.75, 3.05) is 25.3 Å². The minimum absolute atomic E-state index is 0.0112.